The smallest absolute Gasteiger partial charge is 0.242 e. The lowest BCUT2D eigenvalue weighted by Crippen LogP contribution is -2.24. The molecule has 2 heterocycles. The number of aryl methyl sites for hydroxylation is 2. The van der Waals surface area contributed by atoms with Gasteiger partial charge in [0.25, 0.3) is 0 Å². The monoisotopic (exact) mass is 348 g/mol. The average Bonchev–Trinajstić information content (AvgIpc) is 3.21. The minimum absolute atomic E-state index is 0.107. The Balaban J connectivity index is 1.75. The summed E-state index contributed by atoms with van der Waals surface area (Å²) in [6.07, 6.45) is 0.618. The van der Waals surface area contributed by atoms with Gasteiger partial charge in [-0.3, -0.25) is 0 Å². The molecule has 24 heavy (non-hydrogen) atoms. The van der Waals surface area contributed by atoms with E-state index in [4.69, 9.17) is 9.05 Å². The van der Waals surface area contributed by atoms with E-state index in [0.29, 0.717) is 17.9 Å². The first-order valence-electron chi connectivity index (χ1n) is 7.33. The van der Waals surface area contributed by atoms with E-state index < -0.39 is 10.0 Å². The Kier molecular flexibility index (Phi) is 4.45. The summed E-state index contributed by atoms with van der Waals surface area (Å²) in [7, 11) is -3.66. The number of hydrogen-bond acceptors (Lipinski definition) is 7. The van der Waals surface area contributed by atoms with E-state index >= 15 is 0 Å². The van der Waals surface area contributed by atoms with Gasteiger partial charge in [0.2, 0.25) is 21.7 Å². The lowest BCUT2D eigenvalue weighted by Gasteiger charge is -2.08. The number of hydrogen-bond donors (Lipinski definition) is 1. The van der Waals surface area contributed by atoms with Gasteiger partial charge in [-0.15, -0.1) is 0 Å². The molecule has 8 nitrogen and oxygen atoms in total. The molecule has 0 saturated heterocycles. The van der Waals surface area contributed by atoms with Crippen LogP contribution in [-0.4, -0.2) is 23.7 Å². The molecule has 0 amide bonds. The molecule has 1 N–H and O–H groups in total. The highest BCUT2D eigenvalue weighted by Gasteiger charge is 2.19. The summed E-state index contributed by atoms with van der Waals surface area (Å²) in [5.41, 5.74) is 1.18. The van der Waals surface area contributed by atoms with Gasteiger partial charge in [-0.25, -0.2) is 13.1 Å². The largest absolute Gasteiger partial charge is 0.361 e. The maximum absolute atomic E-state index is 12.4. The van der Waals surface area contributed by atoms with E-state index in [1.807, 2.05) is 13.0 Å². The van der Waals surface area contributed by atoms with E-state index in [-0.39, 0.29) is 23.2 Å². The fraction of sp³-hybridized carbons (Fsp3) is 0.267. The third kappa shape index (κ3) is 3.36. The van der Waals surface area contributed by atoms with E-state index in [1.165, 1.54) is 0 Å². The van der Waals surface area contributed by atoms with Gasteiger partial charge in [0.15, 0.2) is 5.69 Å². The topological polar surface area (TPSA) is 111 Å². The molecular formula is C15H16N4O4S. The van der Waals surface area contributed by atoms with Gasteiger partial charge in [-0.1, -0.05) is 35.4 Å². The third-order valence-electron chi connectivity index (χ3n) is 3.38. The average molecular weight is 348 g/mol. The molecule has 0 atom stereocenters. The Morgan fingerprint density at radius 3 is 2.67 bits per heavy atom. The molecule has 0 radical (unpaired) electrons. The second kappa shape index (κ2) is 6.54. The zero-order valence-electron chi connectivity index (χ0n) is 13.2. The van der Waals surface area contributed by atoms with Gasteiger partial charge in [0.05, 0.1) is 11.4 Å². The standard InChI is InChI=1S/C15H16N4O4S/c1-3-11-6-4-5-7-13(11)24(20,21)16-9-14-17-15(19-23-14)12-8-10(2)22-18-12/h4-8,16H,3,9H2,1-2H3. The molecule has 0 aliphatic heterocycles. The molecule has 126 valence electrons. The van der Waals surface area contributed by atoms with Crippen molar-refractivity contribution in [2.75, 3.05) is 0 Å². The van der Waals surface area contributed by atoms with Crippen LogP contribution in [0.5, 0.6) is 0 Å². The predicted molar refractivity (Wildman–Crippen MR) is 84.4 cm³/mol. The normalized spacial score (nSPS) is 11.8. The van der Waals surface area contributed by atoms with Crippen molar-refractivity contribution in [3.8, 4) is 11.5 Å². The summed E-state index contributed by atoms with van der Waals surface area (Å²) in [4.78, 5) is 4.36. The number of benzene rings is 1. The zero-order chi connectivity index (χ0) is 17.2. The summed E-state index contributed by atoms with van der Waals surface area (Å²) in [6, 6.07) is 8.51. The number of rotatable bonds is 6. The van der Waals surface area contributed by atoms with Gasteiger partial charge >= 0.3 is 0 Å². The number of nitrogens with zero attached hydrogens (tertiary/aromatic N) is 3. The van der Waals surface area contributed by atoms with Crippen molar-refractivity contribution >= 4 is 10.0 Å². The van der Waals surface area contributed by atoms with Crippen molar-refractivity contribution in [3.63, 3.8) is 0 Å². The first-order valence-corrected chi connectivity index (χ1v) is 8.82. The van der Waals surface area contributed by atoms with E-state index in [0.717, 1.165) is 5.56 Å². The molecule has 0 aliphatic carbocycles. The van der Waals surface area contributed by atoms with Crippen molar-refractivity contribution in [1.82, 2.24) is 20.0 Å². The summed E-state index contributed by atoms with van der Waals surface area (Å²) < 4.78 is 37.3. The van der Waals surface area contributed by atoms with Crippen LogP contribution < -0.4 is 4.72 Å². The number of sulfonamides is 1. The lowest BCUT2D eigenvalue weighted by molar-refractivity contribution is 0.374. The minimum atomic E-state index is -3.66. The first kappa shape index (κ1) is 16.3. The molecule has 0 bridgehead atoms. The summed E-state index contributed by atoms with van der Waals surface area (Å²) in [5, 5.41) is 7.54. The molecular weight excluding hydrogens is 332 g/mol. The van der Waals surface area contributed by atoms with Crippen molar-refractivity contribution in [1.29, 1.82) is 0 Å². The second-order valence-corrected chi connectivity index (χ2v) is 6.86. The molecule has 0 fully saturated rings. The fourth-order valence-electron chi connectivity index (χ4n) is 2.20. The maximum Gasteiger partial charge on any atom is 0.242 e. The van der Waals surface area contributed by atoms with Crippen molar-refractivity contribution in [2.24, 2.45) is 0 Å². The van der Waals surface area contributed by atoms with Gasteiger partial charge in [0, 0.05) is 6.07 Å². The van der Waals surface area contributed by atoms with Crippen LogP contribution in [0, 0.1) is 6.92 Å². The Bertz CT molecular complexity index is 946. The maximum atomic E-state index is 12.4. The van der Waals surface area contributed by atoms with E-state index in [1.54, 1.807) is 31.2 Å². The van der Waals surface area contributed by atoms with Crippen molar-refractivity contribution in [3.05, 3.63) is 47.5 Å². The molecule has 0 unspecified atom stereocenters. The van der Waals surface area contributed by atoms with Crippen LogP contribution in [0.2, 0.25) is 0 Å². The van der Waals surface area contributed by atoms with Crippen LogP contribution >= 0.6 is 0 Å². The predicted octanol–water partition coefficient (Wildman–Crippen LogP) is 2.07. The first-order chi connectivity index (χ1) is 11.5. The summed E-state index contributed by atoms with van der Waals surface area (Å²) in [6.45, 7) is 3.54. The van der Waals surface area contributed by atoms with Crippen LogP contribution in [0.1, 0.15) is 24.1 Å². The van der Waals surface area contributed by atoms with Crippen LogP contribution in [0.3, 0.4) is 0 Å². The molecule has 0 saturated carbocycles. The van der Waals surface area contributed by atoms with Gasteiger partial charge in [-0.05, 0) is 25.0 Å². The Morgan fingerprint density at radius 2 is 1.96 bits per heavy atom. The zero-order valence-corrected chi connectivity index (χ0v) is 14.0. The Hall–Kier alpha value is -2.52. The van der Waals surface area contributed by atoms with Crippen LogP contribution in [0.25, 0.3) is 11.5 Å². The minimum Gasteiger partial charge on any atom is -0.361 e. The van der Waals surface area contributed by atoms with Crippen molar-refractivity contribution < 1.29 is 17.5 Å². The van der Waals surface area contributed by atoms with Crippen LogP contribution in [0.15, 0.2) is 44.3 Å². The van der Waals surface area contributed by atoms with Gasteiger partial charge in [0.1, 0.15) is 5.76 Å². The fourth-order valence-corrected chi connectivity index (χ4v) is 3.48. The quantitative estimate of drug-likeness (QED) is 0.726. The Labute approximate surface area is 138 Å². The van der Waals surface area contributed by atoms with Gasteiger partial charge < -0.3 is 9.05 Å². The third-order valence-corrected chi connectivity index (χ3v) is 4.88. The second-order valence-electron chi connectivity index (χ2n) is 5.12. The molecule has 2 aromatic heterocycles. The highest BCUT2D eigenvalue weighted by Crippen LogP contribution is 2.17. The number of aromatic nitrogens is 3. The van der Waals surface area contributed by atoms with Gasteiger partial charge in [-0.2, -0.15) is 4.98 Å². The van der Waals surface area contributed by atoms with Crippen LogP contribution in [-0.2, 0) is 23.0 Å². The summed E-state index contributed by atoms with van der Waals surface area (Å²) in [5.74, 6) is 1.01. The van der Waals surface area contributed by atoms with Crippen LogP contribution in [0.4, 0.5) is 0 Å². The molecule has 9 heteroatoms. The van der Waals surface area contributed by atoms with E-state index in [9.17, 15) is 8.42 Å². The van der Waals surface area contributed by atoms with E-state index in [2.05, 4.69) is 20.0 Å². The molecule has 3 rings (SSSR count). The van der Waals surface area contributed by atoms with Crippen molar-refractivity contribution in [2.45, 2.75) is 31.7 Å². The highest BCUT2D eigenvalue weighted by molar-refractivity contribution is 7.89. The molecule has 3 aromatic rings. The molecule has 0 aliphatic rings. The summed E-state index contributed by atoms with van der Waals surface area (Å²) >= 11 is 0. The Morgan fingerprint density at radius 1 is 1.17 bits per heavy atom. The molecule has 1 aromatic carbocycles. The lowest BCUT2D eigenvalue weighted by atomic mass is 10.2. The SMILES string of the molecule is CCc1ccccc1S(=O)(=O)NCc1nc(-c2cc(C)on2)no1. The molecule has 0 spiro atoms. The highest BCUT2D eigenvalue weighted by atomic mass is 32.2. The number of nitrogens with one attached hydrogen (secondary N) is 1.